The van der Waals surface area contributed by atoms with Gasteiger partial charge in [0.2, 0.25) is 5.91 Å². The van der Waals surface area contributed by atoms with Gasteiger partial charge >= 0.3 is 0 Å². The van der Waals surface area contributed by atoms with Gasteiger partial charge in [-0.1, -0.05) is 67.8 Å². The van der Waals surface area contributed by atoms with E-state index in [1.54, 1.807) is 26.4 Å². The van der Waals surface area contributed by atoms with Gasteiger partial charge < -0.3 is 9.80 Å². The molecule has 1 spiro atoms. The number of fused-ring (bicyclic) bond motifs is 3. The normalized spacial score (nSPS) is 16.3. The topological polar surface area (TPSA) is 66.4 Å². The van der Waals surface area contributed by atoms with Crippen molar-refractivity contribution in [2.24, 2.45) is 0 Å². The number of pyridine rings is 2. The first kappa shape index (κ1) is 23.3. The maximum atomic E-state index is 14.1. The molecule has 0 saturated heterocycles. The Kier molecular flexibility index (Phi) is 5.75. The summed E-state index contributed by atoms with van der Waals surface area (Å²) >= 11 is 0. The molecule has 1 fully saturated rings. The van der Waals surface area contributed by atoms with Crippen molar-refractivity contribution in [1.29, 1.82) is 0 Å². The van der Waals surface area contributed by atoms with Crippen molar-refractivity contribution in [2.75, 3.05) is 19.0 Å². The molecule has 0 bridgehead atoms. The van der Waals surface area contributed by atoms with E-state index in [-0.39, 0.29) is 11.8 Å². The first-order valence-corrected chi connectivity index (χ1v) is 13.0. The molecule has 0 radical (unpaired) electrons. The van der Waals surface area contributed by atoms with Crippen molar-refractivity contribution >= 4 is 28.3 Å². The monoisotopic (exact) mass is 490 g/mol. The van der Waals surface area contributed by atoms with E-state index in [0.717, 1.165) is 64.5 Å². The summed E-state index contributed by atoms with van der Waals surface area (Å²) in [5, 5.41) is 2.07. The molecule has 6 rings (SSSR count). The predicted octanol–water partition coefficient (Wildman–Crippen LogP) is 5.75. The molecule has 2 amide bonds. The van der Waals surface area contributed by atoms with E-state index in [1.807, 2.05) is 47.5 Å². The van der Waals surface area contributed by atoms with Crippen LogP contribution in [0.25, 0.3) is 21.9 Å². The second-order valence-electron chi connectivity index (χ2n) is 10.4. The zero-order valence-corrected chi connectivity index (χ0v) is 21.3. The van der Waals surface area contributed by atoms with Crippen LogP contribution in [-0.2, 0) is 16.8 Å². The van der Waals surface area contributed by atoms with E-state index in [9.17, 15) is 9.59 Å². The third-order valence-electron chi connectivity index (χ3n) is 7.94. The minimum atomic E-state index is -0.415. The van der Waals surface area contributed by atoms with E-state index in [0.29, 0.717) is 12.2 Å². The quantitative estimate of drug-likeness (QED) is 0.366. The molecule has 0 unspecified atom stereocenters. The lowest BCUT2D eigenvalue weighted by Crippen LogP contribution is -2.41. The Balaban J connectivity index is 1.46. The summed E-state index contributed by atoms with van der Waals surface area (Å²) in [6, 6.07) is 20.1. The van der Waals surface area contributed by atoms with Crippen LogP contribution in [0.1, 0.15) is 53.8 Å². The molecule has 4 aromatic rings. The highest BCUT2D eigenvalue weighted by atomic mass is 16.2. The Hall–Kier alpha value is -4.06. The number of hydrogen-bond donors (Lipinski definition) is 0. The number of rotatable bonds is 4. The van der Waals surface area contributed by atoms with E-state index >= 15 is 0 Å². The van der Waals surface area contributed by atoms with Crippen molar-refractivity contribution in [3.8, 4) is 11.1 Å². The highest BCUT2D eigenvalue weighted by molar-refractivity contribution is 6.08. The average molecular weight is 491 g/mol. The number of benzene rings is 2. The third-order valence-corrected chi connectivity index (χ3v) is 7.94. The summed E-state index contributed by atoms with van der Waals surface area (Å²) in [4.78, 5) is 39.3. The Bertz CT molecular complexity index is 1500. The predicted molar refractivity (Wildman–Crippen MR) is 145 cm³/mol. The highest BCUT2D eigenvalue weighted by Crippen LogP contribution is 2.50. The molecule has 1 aliphatic carbocycles. The second kappa shape index (κ2) is 9.11. The minimum absolute atomic E-state index is 0.139. The van der Waals surface area contributed by atoms with Crippen molar-refractivity contribution in [3.05, 3.63) is 90.0 Å². The smallest absolute Gasteiger partial charge is 0.271 e. The number of aromatic nitrogens is 2. The molecule has 0 atom stereocenters. The van der Waals surface area contributed by atoms with Crippen LogP contribution in [0.4, 0.5) is 5.69 Å². The van der Waals surface area contributed by atoms with Crippen LogP contribution in [0, 0.1) is 0 Å². The van der Waals surface area contributed by atoms with Crippen LogP contribution in [0.2, 0.25) is 0 Å². The maximum Gasteiger partial charge on any atom is 0.271 e. The van der Waals surface area contributed by atoms with E-state index in [1.165, 1.54) is 11.3 Å². The van der Waals surface area contributed by atoms with E-state index in [4.69, 9.17) is 4.98 Å². The molecule has 37 heavy (non-hydrogen) atoms. The molecular formula is C31H30N4O2. The number of amides is 2. The first-order chi connectivity index (χ1) is 18.0. The Morgan fingerprint density at radius 3 is 2.43 bits per heavy atom. The Labute approximate surface area is 217 Å². The number of hydrogen-bond acceptors (Lipinski definition) is 4. The molecule has 2 aliphatic rings. The van der Waals surface area contributed by atoms with Gasteiger partial charge in [0.25, 0.3) is 5.91 Å². The SMILES string of the molecule is CN(C)C(=O)c1ccc(-c2c(CN3C(=O)C4(CCCCC4)c4ccccc43)ncc3ccccc23)cn1. The number of nitrogens with zero attached hydrogens (tertiary/aromatic N) is 4. The number of para-hydroxylation sites is 1. The summed E-state index contributed by atoms with van der Waals surface area (Å²) in [7, 11) is 3.43. The van der Waals surface area contributed by atoms with Gasteiger partial charge in [0, 0.05) is 48.7 Å². The van der Waals surface area contributed by atoms with E-state index < -0.39 is 5.41 Å². The molecule has 2 aromatic carbocycles. The van der Waals surface area contributed by atoms with Gasteiger partial charge in [-0.3, -0.25) is 19.6 Å². The molecule has 3 heterocycles. The fourth-order valence-electron chi connectivity index (χ4n) is 6.09. The minimum Gasteiger partial charge on any atom is -0.343 e. The van der Waals surface area contributed by atoms with Crippen molar-refractivity contribution < 1.29 is 9.59 Å². The Morgan fingerprint density at radius 1 is 0.919 bits per heavy atom. The molecule has 6 nitrogen and oxygen atoms in total. The van der Waals surface area contributed by atoms with Gasteiger partial charge in [0.1, 0.15) is 5.69 Å². The van der Waals surface area contributed by atoms with Crippen LogP contribution < -0.4 is 4.90 Å². The maximum absolute atomic E-state index is 14.1. The van der Waals surface area contributed by atoms with Crippen LogP contribution >= 0.6 is 0 Å². The standard InChI is InChI=1S/C31H30N4O2/c1-34(2)29(36)25-15-14-22(19-32-25)28-23-11-5-4-10-21(23)18-33-26(28)20-35-27-13-7-6-12-24(27)31(30(35)37)16-8-3-9-17-31/h4-7,10-15,18-19H,3,8-9,16-17,20H2,1-2H3. The van der Waals surface area contributed by atoms with Gasteiger partial charge in [-0.05, 0) is 35.9 Å². The van der Waals surface area contributed by atoms with E-state index in [2.05, 4.69) is 23.2 Å². The summed E-state index contributed by atoms with van der Waals surface area (Å²) in [6.07, 6.45) is 8.78. The van der Waals surface area contributed by atoms with Gasteiger partial charge in [0.05, 0.1) is 17.7 Å². The fourth-order valence-corrected chi connectivity index (χ4v) is 6.09. The fraction of sp³-hybridized carbons (Fsp3) is 0.290. The molecule has 0 N–H and O–H groups in total. The molecular weight excluding hydrogens is 460 g/mol. The van der Waals surface area contributed by atoms with Gasteiger partial charge in [0.15, 0.2) is 0 Å². The summed E-state index contributed by atoms with van der Waals surface area (Å²) in [5.74, 6) is 0.0548. The first-order valence-electron chi connectivity index (χ1n) is 13.0. The Morgan fingerprint density at radius 2 is 1.68 bits per heavy atom. The van der Waals surface area contributed by atoms with Crippen LogP contribution in [0.3, 0.4) is 0 Å². The summed E-state index contributed by atoms with van der Waals surface area (Å²) in [5.41, 5.74) is 4.79. The number of carbonyl (C=O) groups is 2. The second-order valence-corrected chi connectivity index (χ2v) is 10.4. The summed E-state index contributed by atoms with van der Waals surface area (Å²) in [6.45, 7) is 0.385. The zero-order chi connectivity index (χ0) is 25.6. The van der Waals surface area contributed by atoms with Crippen molar-refractivity contribution in [1.82, 2.24) is 14.9 Å². The average Bonchev–Trinajstić information content (AvgIpc) is 3.15. The summed E-state index contributed by atoms with van der Waals surface area (Å²) < 4.78 is 0. The molecule has 2 aromatic heterocycles. The molecule has 1 aliphatic heterocycles. The van der Waals surface area contributed by atoms with Gasteiger partial charge in [-0.15, -0.1) is 0 Å². The third kappa shape index (κ3) is 3.79. The lowest BCUT2D eigenvalue weighted by atomic mass is 9.70. The number of carbonyl (C=O) groups excluding carboxylic acids is 2. The lowest BCUT2D eigenvalue weighted by molar-refractivity contribution is -0.124. The molecule has 186 valence electrons. The van der Waals surface area contributed by atoms with Gasteiger partial charge in [-0.2, -0.15) is 0 Å². The molecule has 6 heteroatoms. The van der Waals surface area contributed by atoms with Gasteiger partial charge in [-0.25, -0.2) is 0 Å². The highest BCUT2D eigenvalue weighted by Gasteiger charge is 2.50. The van der Waals surface area contributed by atoms with Crippen LogP contribution in [-0.4, -0.2) is 40.8 Å². The largest absolute Gasteiger partial charge is 0.343 e. The van der Waals surface area contributed by atoms with Crippen LogP contribution in [0.5, 0.6) is 0 Å². The van der Waals surface area contributed by atoms with Crippen molar-refractivity contribution in [3.63, 3.8) is 0 Å². The number of anilines is 1. The lowest BCUT2D eigenvalue weighted by Gasteiger charge is -2.32. The van der Waals surface area contributed by atoms with Crippen molar-refractivity contribution in [2.45, 2.75) is 44.1 Å². The zero-order valence-electron chi connectivity index (χ0n) is 21.3. The van der Waals surface area contributed by atoms with Crippen LogP contribution in [0.15, 0.2) is 73.1 Å². The molecule has 1 saturated carbocycles.